The minimum atomic E-state index is 0.909. The van der Waals surface area contributed by atoms with E-state index in [0.29, 0.717) is 0 Å². The molecule has 1 heteroatoms. The number of fused-ring (bicyclic) bond motifs is 7. The Hall–Kier alpha value is -6.18. The van der Waals surface area contributed by atoms with E-state index >= 15 is 0 Å². The van der Waals surface area contributed by atoms with Gasteiger partial charge in [-0.3, -0.25) is 0 Å². The highest BCUT2D eigenvalue weighted by Crippen LogP contribution is 2.46. The second-order valence-electron chi connectivity index (χ2n) is 12.9. The van der Waals surface area contributed by atoms with Crippen LogP contribution in [0.5, 0.6) is 0 Å². The molecule has 0 N–H and O–H groups in total. The van der Waals surface area contributed by atoms with E-state index in [4.69, 9.17) is 4.42 Å². The molecule has 0 aliphatic rings. The van der Waals surface area contributed by atoms with Crippen LogP contribution >= 0.6 is 0 Å². The van der Waals surface area contributed by atoms with Gasteiger partial charge < -0.3 is 4.42 Å². The maximum Gasteiger partial charge on any atom is 0.136 e. The summed E-state index contributed by atoms with van der Waals surface area (Å²) in [6.07, 6.45) is 0. The van der Waals surface area contributed by atoms with Crippen molar-refractivity contribution in [1.82, 2.24) is 0 Å². The summed E-state index contributed by atoms with van der Waals surface area (Å²) in [7, 11) is 0. The largest absolute Gasteiger partial charge is 0.456 e. The van der Waals surface area contributed by atoms with Gasteiger partial charge in [-0.05, 0) is 111 Å². The molecule has 1 nitrogen and oxygen atoms in total. The Kier molecular flexibility index (Phi) is 4.90. The molecule has 0 radical (unpaired) electrons. The summed E-state index contributed by atoms with van der Waals surface area (Å²) >= 11 is 0. The van der Waals surface area contributed by atoms with Gasteiger partial charge in [0.1, 0.15) is 11.2 Å². The second-order valence-corrected chi connectivity index (χ2v) is 12.9. The van der Waals surface area contributed by atoms with Crippen LogP contribution in [0.4, 0.5) is 0 Å². The molecule has 216 valence electrons. The first-order valence-electron chi connectivity index (χ1n) is 16.3. The molecule has 0 bridgehead atoms. The van der Waals surface area contributed by atoms with Gasteiger partial charge in [-0.15, -0.1) is 0 Å². The van der Waals surface area contributed by atoms with Crippen molar-refractivity contribution >= 4 is 86.6 Å². The zero-order valence-corrected chi connectivity index (χ0v) is 25.4. The fourth-order valence-electron chi connectivity index (χ4n) is 8.22. The molecule has 11 aromatic rings. The highest BCUT2D eigenvalue weighted by atomic mass is 16.3. The van der Waals surface area contributed by atoms with Gasteiger partial charge in [0.2, 0.25) is 0 Å². The Morgan fingerprint density at radius 2 is 0.915 bits per heavy atom. The summed E-state index contributed by atoms with van der Waals surface area (Å²) in [5.74, 6) is 0. The van der Waals surface area contributed by atoms with Crippen LogP contribution in [0.25, 0.3) is 109 Å². The van der Waals surface area contributed by atoms with Crippen LogP contribution in [0.2, 0.25) is 0 Å². The van der Waals surface area contributed by atoms with Gasteiger partial charge in [0.25, 0.3) is 0 Å². The van der Waals surface area contributed by atoms with Gasteiger partial charge in [-0.1, -0.05) is 133 Å². The number of rotatable bonds is 2. The Morgan fingerprint density at radius 3 is 1.79 bits per heavy atom. The summed E-state index contributed by atoms with van der Waals surface area (Å²) in [4.78, 5) is 0. The third-order valence-corrected chi connectivity index (χ3v) is 10.4. The lowest BCUT2D eigenvalue weighted by molar-refractivity contribution is 0.669. The predicted molar refractivity (Wildman–Crippen MR) is 201 cm³/mol. The molecule has 0 fully saturated rings. The number of benzene rings is 10. The summed E-state index contributed by atoms with van der Waals surface area (Å²) in [6.45, 7) is 0. The normalized spacial score (nSPS) is 12.3. The van der Waals surface area contributed by atoms with Crippen LogP contribution in [0, 0.1) is 0 Å². The first-order chi connectivity index (χ1) is 23.3. The van der Waals surface area contributed by atoms with Crippen LogP contribution in [0.3, 0.4) is 0 Å². The zero-order chi connectivity index (χ0) is 30.6. The van der Waals surface area contributed by atoms with Crippen LogP contribution in [0.15, 0.2) is 162 Å². The van der Waals surface area contributed by atoms with Crippen molar-refractivity contribution in [2.45, 2.75) is 0 Å². The van der Waals surface area contributed by atoms with E-state index in [9.17, 15) is 0 Å². The Balaban J connectivity index is 1.28. The molecule has 0 saturated carbocycles. The first kappa shape index (κ1) is 25.1. The molecule has 0 unspecified atom stereocenters. The lowest BCUT2D eigenvalue weighted by atomic mass is 9.87. The maximum absolute atomic E-state index is 6.79. The van der Waals surface area contributed by atoms with Crippen molar-refractivity contribution in [2.75, 3.05) is 0 Å². The fraction of sp³-hybridized carbons (Fsp3) is 0. The fourth-order valence-corrected chi connectivity index (χ4v) is 8.22. The third kappa shape index (κ3) is 3.49. The lowest BCUT2D eigenvalue weighted by Gasteiger charge is -2.16. The average Bonchev–Trinajstić information content (AvgIpc) is 3.49. The molecule has 10 aromatic carbocycles. The lowest BCUT2D eigenvalue weighted by Crippen LogP contribution is -1.89. The van der Waals surface area contributed by atoms with Crippen molar-refractivity contribution in [1.29, 1.82) is 0 Å². The number of hydrogen-bond acceptors (Lipinski definition) is 1. The van der Waals surface area contributed by atoms with E-state index in [0.717, 1.165) is 27.5 Å². The zero-order valence-electron chi connectivity index (χ0n) is 25.4. The molecule has 0 spiro atoms. The first-order valence-corrected chi connectivity index (χ1v) is 16.3. The van der Waals surface area contributed by atoms with E-state index in [2.05, 4.69) is 158 Å². The van der Waals surface area contributed by atoms with Crippen LogP contribution in [0.1, 0.15) is 0 Å². The Labute approximate surface area is 270 Å². The summed E-state index contributed by atoms with van der Waals surface area (Å²) < 4.78 is 6.79. The molecular formula is C46H26O. The van der Waals surface area contributed by atoms with E-state index in [1.54, 1.807) is 0 Å². The van der Waals surface area contributed by atoms with Crippen molar-refractivity contribution < 1.29 is 4.42 Å². The predicted octanol–water partition coefficient (Wildman–Crippen LogP) is 13.3. The SMILES string of the molecule is c1ccc2cc3c(cc2c1)oc1cc(-c2ccc4ccc5cccc6ccc2c4c56)cc(-c2cccc4c2ccc2ccccc24)c13. The van der Waals surface area contributed by atoms with Gasteiger partial charge in [-0.2, -0.15) is 0 Å². The third-order valence-electron chi connectivity index (χ3n) is 10.4. The quantitative estimate of drug-likeness (QED) is 0.182. The molecule has 1 heterocycles. The Bertz CT molecular complexity index is 3050. The summed E-state index contributed by atoms with van der Waals surface area (Å²) in [6, 6.07) is 57.9. The molecule has 0 atom stereocenters. The minimum absolute atomic E-state index is 0.909. The molecule has 11 rings (SSSR count). The maximum atomic E-state index is 6.79. The van der Waals surface area contributed by atoms with Gasteiger partial charge >= 0.3 is 0 Å². The molecule has 0 amide bonds. The smallest absolute Gasteiger partial charge is 0.136 e. The van der Waals surface area contributed by atoms with Gasteiger partial charge in [0.15, 0.2) is 0 Å². The van der Waals surface area contributed by atoms with Crippen molar-refractivity contribution in [2.24, 2.45) is 0 Å². The molecule has 0 aliphatic heterocycles. The molecule has 0 saturated heterocycles. The monoisotopic (exact) mass is 594 g/mol. The molecule has 1 aromatic heterocycles. The van der Waals surface area contributed by atoms with Crippen LogP contribution in [-0.2, 0) is 0 Å². The van der Waals surface area contributed by atoms with Crippen molar-refractivity contribution in [3.05, 3.63) is 158 Å². The number of furan rings is 1. The second kappa shape index (κ2) is 9.19. The van der Waals surface area contributed by atoms with E-state index in [1.165, 1.54) is 81.3 Å². The highest BCUT2D eigenvalue weighted by Gasteiger charge is 2.20. The van der Waals surface area contributed by atoms with Crippen molar-refractivity contribution in [3.8, 4) is 22.3 Å². The highest BCUT2D eigenvalue weighted by molar-refractivity contribution is 6.26. The van der Waals surface area contributed by atoms with E-state index in [1.807, 2.05) is 0 Å². The van der Waals surface area contributed by atoms with Crippen LogP contribution < -0.4 is 0 Å². The minimum Gasteiger partial charge on any atom is -0.456 e. The average molecular weight is 595 g/mol. The Morgan fingerprint density at radius 1 is 0.277 bits per heavy atom. The summed E-state index contributed by atoms with van der Waals surface area (Å²) in [5, 5.41) is 17.5. The molecule has 0 aliphatic carbocycles. The number of hydrogen-bond donors (Lipinski definition) is 0. The van der Waals surface area contributed by atoms with Gasteiger partial charge in [0.05, 0.1) is 0 Å². The van der Waals surface area contributed by atoms with Crippen molar-refractivity contribution in [3.63, 3.8) is 0 Å². The topological polar surface area (TPSA) is 13.1 Å². The van der Waals surface area contributed by atoms with Gasteiger partial charge in [0, 0.05) is 10.8 Å². The van der Waals surface area contributed by atoms with Crippen LogP contribution in [-0.4, -0.2) is 0 Å². The van der Waals surface area contributed by atoms with E-state index < -0.39 is 0 Å². The molecule has 47 heavy (non-hydrogen) atoms. The standard InChI is InChI=1S/C46H26O/c1-2-9-32-25-42-41(23-31(32)8-1)46-40(37-14-6-13-36-34-12-4-3-7-27(34)17-21-38(36)37)24-33(26-43(46)47-42)35-20-18-30-16-15-28-10-5-11-29-19-22-39(35)45(30)44(28)29/h1-26H. The molecular weight excluding hydrogens is 569 g/mol. The summed E-state index contributed by atoms with van der Waals surface area (Å²) in [5.41, 5.74) is 6.61. The van der Waals surface area contributed by atoms with E-state index in [-0.39, 0.29) is 0 Å². The van der Waals surface area contributed by atoms with Gasteiger partial charge in [-0.25, -0.2) is 0 Å².